The van der Waals surface area contributed by atoms with Gasteiger partial charge in [0.05, 0.1) is 18.7 Å². The van der Waals surface area contributed by atoms with E-state index >= 15 is 0 Å². The van der Waals surface area contributed by atoms with Crippen LogP contribution in [-0.4, -0.2) is 34.7 Å². The van der Waals surface area contributed by atoms with Crippen molar-refractivity contribution in [3.05, 3.63) is 109 Å². The van der Waals surface area contributed by atoms with Crippen LogP contribution in [0.25, 0.3) is 32.4 Å². The van der Waals surface area contributed by atoms with Gasteiger partial charge in [-0.05, 0) is 99.6 Å². The minimum absolute atomic E-state index is 0.0657. The van der Waals surface area contributed by atoms with Gasteiger partial charge in [-0.15, -0.1) is 6.58 Å². The summed E-state index contributed by atoms with van der Waals surface area (Å²) in [6, 6.07) is 27.6. The Bertz CT molecular complexity index is 1710. The Balaban J connectivity index is 1.36. The van der Waals surface area contributed by atoms with Crippen LogP contribution < -0.4 is 4.74 Å². The number of aromatic nitrogens is 1. The molecule has 1 N–H and O–H groups in total. The van der Waals surface area contributed by atoms with Crippen LogP contribution in [0.3, 0.4) is 0 Å². The number of hydrogen-bond acceptors (Lipinski definition) is 4. The van der Waals surface area contributed by atoms with Gasteiger partial charge in [-0.2, -0.15) is 0 Å². The van der Waals surface area contributed by atoms with E-state index in [4.69, 9.17) is 4.74 Å². The van der Waals surface area contributed by atoms with E-state index in [2.05, 4.69) is 84.1 Å². The Morgan fingerprint density at radius 1 is 1.02 bits per heavy atom. The fourth-order valence-electron chi connectivity index (χ4n) is 8.14. The van der Waals surface area contributed by atoms with Crippen LogP contribution in [-0.2, 0) is 6.54 Å². The molecular weight excluding hydrogens is 504 g/mol. The van der Waals surface area contributed by atoms with Crippen molar-refractivity contribution < 1.29 is 9.84 Å². The molecule has 2 heterocycles. The number of benzene rings is 4. The normalized spacial score (nSPS) is 25.1. The van der Waals surface area contributed by atoms with Crippen LogP contribution in [0, 0.1) is 17.3 Å². The van der Waals surface area contributed by atoms with E-state index in [0.717, 1.165) is 54.6 Å². The Morgan fingerprint density at radius 3 is 2.44 bits per heavy atom. The molecule has 5 atom stereocenters. The van der Waals surface area contributed by atoms with E-state index in [0.29, 0.717) is 11.8 Å². The molecule has 0 radical (unpaired) electrons. The fraction of sp³-hybridized carbons (Fsp3) is 0.324. The summed E-state index contributed by atoms with van der Waals surface area (Å²) in [5, 5.41) is 18.4. The van der Waals surface area contributed by atoms with Crippen molar-refractivity contribution in [2.24, 2.45) is 17.3 Å². The quantitative estimate of drug-likeness (QED) is 0.167. The third-order valence-electron chi connectivity index (χ3n) is 10.2. The predicted molar refractivity (Wildman–Crippen MR) is 168 cm³/mol. The lowest BCUT2D eigenvalue weighted by Crippen LogP contribution is -2.41. The van der Waals surface area contributed by atoms with Crippen LogP contribution in [0.15, 0.2) is 97.7 Å². The summed E-state index contributed by atoms with van der Waals surface area (Å²) in [7, 11) is 1.68. The number of ether oxygens (including phenoxy) is 1. The maximum atomic E-state index is 12.4. The largest absolute Gasteiger partial charge is 0.497 e. The van der Waals surface area contributed by atoms with Gasteiger partial charge in [0.1, 0.15) is 5.75 Å². The Morgan fingerprint density at radius 2 is 1.76 bits per heavy atom. The van der Waals surface area contributed by atoms with Crippen LogP contribution in [0.2, 0.25) is 0 Å². The Kier molecular flexibility index (Phi) is 6.56. The number of nitrogens with zero attached hydrogens (tertiary/aromatic N) is 2. The standard InChI is InChI=1S/C37H38N2O2/c1-4-32-33-17-19-39(23-31-27-12-8-6-10-24(27)20-25-11-7-9-13-28(25)31)35(22-37(32,33)5-2)36(40)29-16-18-38-34-15-14-26(41-3)21-30(29)34/h5-16,18,20-21,32-33,35-36,40H,2,4,17,19,22-23H2,1,3H3/t32?,33?,35-,36+,37?/m0/s1. The summed E-state index contributed by atoms with van der Waals surface area (Å²) < 4.78 is 5.56. The van der Waals surface area contributed by atoms with Gasteiger partial charge >= 0.3 is 0 Å². The van der Waals surface area contributed by atoms with E-state index in [-0.39, 0.29) is 11.5 Å². The van der Waals surface area contributed by atoms with Crippen molar-refractivity contribution in [2.45, 2.75) is 44.9 Å². The fourth-order valence-corrected chi connectivity index (χ4v) is 8.14. The molecular formula is C37H38N2O2. The smallest absolute Gasteiger partial charge is 0.119 e. The molecule has 2 fully saturated rings. The highest BCUT2D eigenvalue weighted by Crippen LogP contribution is 2.67. The van der Waals surface area contributed by atoms with Gasteiger partial charge in [-0.25, -0.2) is 0 Å². The van der Waals surface area contributed by atoms with Gasteiger partial charge in [0.25, 0.3) is 0 Å². The lowest BCUT2D eigenvalue weighted by Gasteiger charge is -2.37. The molecule has 208 valence electrons. The lowest BCUT2D eigenvalue weighted by atomic mass is 9.86. The molecule has 0 spiro atoms. The molecule has 4 heteroatoms. The number of pyridine rings is 1. The average molecular weight is 543 g/mol. The summed E-state index contributed by atoms with van der Waals surface area (Å²) in [5.74, 6) is 2.04. The first-order chi connectivity index (χ1) is 20.1. The molecule has 3 unspecified atom stereocenters. The van der Waals surface area contributed by atoms with E-state index in [1.54, 1.807) is 7.11 Å². The van der Waals surface area contributed by atoms with Crippen LogP contribution in [0.4, 0.5) is 0 Å². The van der Waals surface area contributed by atoms with Crippen molar-refractivity contribution in [3.8, 4) is 5.75 Å². The van der Waals surface area contributed by atoms with Crippen LogP contribution >= 0.6 is 0 Å². The molecule has 5 aromatic rings. The molecule has 0 bridgehead atoms. The zero-order valence-electron chi connectivity index (χ0n) is 24.0. The Hall–Kier alpha value is -3.73. The van der Waals surface area contributed by atoms with Crippen molar-refractivity contribution in [2.75, 3.05) is 13.7 Å². The van der Waals surface area contributed by atoms with Gasteiger partial charge in [-0.1, -0.05) is 68.0 Å². The Labute approximate surface area is 242 Å². The van der Waals surface area contributed by atoms with Gasteiger partial charge in [0, 0.05) is 24.2 Å². The molecule has 0 amide bonds. The molecule has 1 aliphatic carbocycles. The van der Waals surface area contributed by atoms with Gasteiger partial charge in [0.15, 0.2) is 0 Å². The first-order valence-corrected chi connectivity index (χ1v) is 15.0. The topological polar surface area (TPSA) is 45.6 Å². The molecule has 41 heavy (non-hydrogen) atoms. The molecule has 4 aromatic carbocycles. The highest BCUT2D eigenvalue weighted by molar-refractivity contribution is 6.02. The molecule has 1 aromatic heterocycles. The average Bonchev–Trinajstić information content (AvgIpc) is 3.69. The number of rotatable bonds is 7. The highest BCUT2D eigenvalue weighted by atomic mass is 16.5. The van der Waals surface area contributed by atoms with Crippen molar-refractivity contribution in [1.82, 2.24) is 9.88 Å². The van der Waals surface area contributed by atoms with E-state index in [9.17, 15) is 5.11 Å². The van der Waals surface area contributed by atoms with Crippen molar-refractivity contribution in [1.29, 1.82) is 0 Å². The number of hydrogen-bond donors (Lipinski definition) is 1. The maximum Gasteiger partial charge on any atom is 0.119 e. The third kappa shape index (κ3) is 4.24. The zero-order valence-corrected chi connectivity index (χ0v) is 24.0. The summed E-state index contributed by atoms with van der Waals surface area (Å²) in [5.41, 5.74) is 3.21. The lowest BCUT2D eigenvalue weighted by molar-refractivity contribution is 0.0353. The SMILES string of the molecule is C=CC12C[C@@H]([C@H](O)c3ccnc4ccc(OC)cc34)N(Cc3c4ccccc4cc4ccccc34)CCC1C2CC. The summed E-state index contributed by atoms with van der Waals surface area (Å²) in [6.45, 7) is 8.38. The van der Waals surface area contributed by atoms with Gasteiger partial charge in [-0.3, -0.25) is 9.88 Å². The summed E-state index contributed by atoms with van der Waals surface area (Å²) in [4.78, 5) is 7.17. The predicted octanol–water partition coefficient (Wildman–Crippen LogP) is 8.08. The van der Waals surface area contributed by atoms with Crippen molar-refractivity contribution >= 4 is 32.4 Å². The first-order valence-electron chi connectivity index (χ1n) is 15.0. The number of aliphatic hydroxyl groups is 1. The number of aliphatic hydroxyl groups excluding tert-OH is 1. The summed E-state index contributed by atoms with van der Waals surface area (Å²) in [6.07, 6.45) is 6.55. The second-order valence-electron chi connectivity index (χ2n) is 12.0. The number of methoxy groups -OCH3 is 1. The van der Waals surface area contributed by atoms with E-state index in [1.165, 1.54) is 27.1 Å². The molecule has 1 aliphatic heterocycles. The van der Waals surface area contributed by atoms with Gasteiger partial charge < -0.3 is 9.84 Å². The third-order valence-corrected chi connectivity index (χ3v) is 10.2. The number of allylic oxidation sites excluding steroid dienone is 1. The molecule has 2 aliphatic rings. The maximum absolute atomic E-state index is 12.4. The second kappa shape index (κ2) is 10.3. The van der Waals surface area contributed by atoms with Crippen LogP contribution in [0.5, 0.6) is 5.75 Å². The van der Waals surface area contributed by atoms with Crippen LogP contribution in [0.1, 0.15) is 43.4 Å². The van der Waals surface area contributed by atoms with Crippen molar-refractivity contribution in [3.63, 3.8) is 0 Å². The molecule has 7 rings (SSSR count). The van der Waals surface area contributed by atoms with E-state index < -0.39 is 6.10 Å². The minimum Gasteiger partial charge on any atom is -0.497 e. The zero-order chi connectivity index (χ0) is 28.1. The number of fused-ring (bicyclic) bond motifs is 4. The first kappa shape index (κ1) is 26.2. The van der Waals surface area contributed by atoms with Gasteiger partial charge in [0.2, 0.25) is 0 Å². The summed E-state index contributed by atoms with van der Waals surface area (Å²) >= 11 is 0. The number of likely N-dealkylation sites (tertiary alicyclic amines) is 1. The molecule has 4 nitrogen and oxygen atoms in total. The minimum atomic E-state index is -0.678. The second-order valence-corrected chi connectivity index (χ2v) is 12.0. The monoisotopic (exact) mass is 542 g/mol. The molecule has 1 saturated carbocycles. The van der Waals surface area contributed by atoms with E-state index in [1.807, 2.05) is 30.5 Å². The molecule has 1 saturated heterocycles. The highest BCUT2D eigenvalue weighted by Gasteiger charge is 2.63.